The Morgan fingerprint density at radius 2 is 1.55 bits per heavy atom. The van der Waals surface area contributed by atoms with E-state index in [1.165, 1.54) is 5.56 Å². The van der Waals surface area contributed by atoms with Gasteiger partial charge in [0.1, 0.15) is 0 Å². The lowest BCUT2D eigenvalue weighted by molar-refractivity contribution is 0.242. The number of hydrogen-bond donors (Lipinski definition) is 2. The van der Waals surface area contributed by atoms with Crippen LogP contribution in [0.3, 0.4) is 0 Å². The summed E-state index contributed by atoms with van der Waals surface area (Å²) in [6.45, 7) is 5.98. The van der Waals surface area contributed by atoms with Gasteiger partial charge in [0.05, 0.1) is 5.54 Å². The van der Waals surface area contributed by atoms with Gasteiger partial charge in [0.2, 0.25) is 0 Å². The molecule has 2 amide bonds. The molecule has 0 bridgehead atoms. The quantitative estimate of drug-likeness (QED) is 0.866. The number of hydrogen-bond acceptors (Lipinski definition) is 1. The maximum absolute atomic E-state index is 12.1. The first-order valence-corrected chi connectivity index (χ1v) is 6.69. The summed E-state index contributed by atoms with van der Waals surface area (Å²) in [5.41, 5.74) is 2.60. The second kappa shape index (κ2) is 5.78. The van der Waals surface area contributed by atoms with Crippen molar-refractivity contribution in [2.45, 2.75) is 26.3 Å². The molecule has 0 aliphatic carbocycles. The number of carbonyl (C=O) groups excluding carboxylic acids is 1. The van der Waals surface area contributed by atoms with Crippen LogP contribution in [-0.4, -0.2) is 6.03 Å². The number of aryl methyl sites for hydroxylation is 1. The first kappa shape index (κ1) is 14.1. The van der Waals surface area contributed by atoms with Gasteiger partial charge < -0.3 is 10.6 Å². The van der Waals surface area contributed by atoms with E-state index in [4.69, 9.17) is 0 Å². The van der Waals surface area contributed by atoms with Crippen molar-refractivity contribution in [1.29, 1.82) is 0 Å². The summed E-state index contributed by atoms with van der Waals surface area (Å²) >= 11 is 0. The van der Waals surface area contributed by atoms with E-state index in [1.807, 2.05) is 75.4 Å². The Kier molecular flexibility index (Phi) is 4.08. The van der Waals surface area contributed by atoms with Crippen molar-refractivity contribution in [2.24, 2.45) is 0 Å². The number of benzene rings is 2. The molecular weight excluding hydrogens is 248 g/mol. The van der Waals surface area contributed by atoms with Crippen molar-refractivity contribution in [2.75, 3.05) is 5.32 Å². The number of anilines is 1. The minimum atomic E-state index is -0.421. The average Bonchev–Trinajstić information content (AvgIpc) is 2.42. The highest BCUT2D eigenvalue weighted by Gasteiger charge is 2.22. The largest absolute Gasteiger partial charge is 0.329 e. The van der Waals surface area contributed by atoms with Gasteiger partial charge in [0, 0.05) is 5.69 Å². The molecule has 2 aromatic carbocycles. The van der Waals surface area contributed by atoms with Crippen LogP contribution < -0.4 is 10.6 Å². The molecule has 2 rings (SSSR count). The van der Waals surface area contributed by atoms with E-state index in [0.29, 0.717) is 0 Å². The lowest BCUT2D eigenvalue weighted by Crippen LogP contribution is -2.43. The molecule has 2 aromatic rings. The fraction of sp³-hybridized carbons (Fsp3) is 0.235. The van der Waals surface area contributed by atoms with Crippen LogP contribution in [0.5, 0.6) is 0 Å². The number of carbonyl (C=O) groups is 1. The molecule has 0 aliphatic rings. The Balaban J connectivity index is 2.02. The topological polar surface area (TPSA) is 41.1 Å². The van der Waals surface area contributed by atoms with Gasteiger partial charge in [-0.2, -0.15) is 0 Å². The van der Waals surface area contributed by atoms with Crippen LogP contribution >= 0.6 is 0 Å². The van der Waals surface area contributed by atoms with Crippen LogP contribution in [0, 0.1) is 6.92 Å². The minimum Gasteiger partial charge on any atom is -0.329 e. The predicted octanol–water partition coefficient (Wildman–Crippen LogP) is 4.05. The Morgan fingerprint density at radius 3 is 2.15 bits per heavy atom. The first-order valence-electron chi connectivity index (χ1n) is 6.69. The van der Waals surface area contributed by atoms with Crippen LogP contribution in [0.15, 0.2) is 54.6 Å². The van der Waals surface area contributed by atoms with Crippen molar-refractivity contribution in [3.05, 3.63) is 65.7 Å². The molecule has 0 unspecified atom stereocenters. The van der Waals surface area contributed by atoms with Gasteiger partial charge in [-0.1, -0.05) is 48.0 Å². The number of amides is 2. The van der Waals surface area contributed by atoms with Crippen LogP contribution in [0.25, 0.3) is 0 Å². The first-order chi connectivity index (χ1) is 9.47. The third-order valence-corrected chi connectivity index (χ3v) is 3.23. The highest BCUT2D eigenvalue weighted by atomic mass is 16.2. The molecule has 0 fully saturated rings. The second-order valence-electron chi connectivity index (χ2n) is 5.44. The third kappa shape index (κ3) is 3.60. The van der Waals surface area contributed by atoms with Crippen LogP contribution in [-0.2, 0) is 5.54 Å². The summed E-state index contributed by atoms with van der Waals surface area (Å²) in [4.78, 5) is 12.1. The Bertz CT molecular complexity index is 574. The zero-order valence-electron chi connectivity index (χ0n) is 12.1. The van der Waals surface area contributed by atoms with Crippen molar-refractivity contribution < 1.29 is 4.79 Å². The molecule has 0 aliphatic heterocycles. The predicted molar refractivity (Wildman–Crippen MR) is 82.8 cm³/mol. The Morgan fingerprint density at radius 1 is 0.950 bits per heavy atom. The zero-order valence-corrected chi connectivity index (χ0v) is 12.1. The standard InChI is InChI=1S/C17H20N2O/c1-13-9-11-15(12-10-13)18-16(20)19-17(2,3)14-7-5-4-6-8-14/h4-12H,1-3H3,(H2,18,19,20). The lowest BCUT2D eigenvalue weighted by atomic mass is 9.95. The van der Waals surface area contributed by atoms with Gasteiger partial charge in [-0.25, -0.2) is 4.79 Å². The number of nitrogens with one attached hydrogen (secondary N) is 2. The van der Waals surface area contributed by atoms with Crippen molar-refractivity contribution in [3.63, 3.8) is 0 Å². The molecule has 0 saturated carbocycles. The highest BCUT2D eigenvalue weighted by molar-refractivity contribution is 5.89. The maximum Gasteiger partial charge on any atom is 0.319 e. The van der Waals surface area contributed by atoms with Gasteiger partial charge >= 0.3 is 6.03 Å². The Hall–Kier alpha value is -2.29. The molecule has 0 radical (unpaired) electrons. The molecule has 3 nitrogen and oxygen atoms in total. The van der Waals surface area contributed by atoms with Crippen LogP contribution in [0.2, 0.25) is 0 Å². The molecule has 0 saturated heterocycles. The van der Waals surface area contributed by atoms with E-state index >= 15 is 0 Å². The molecule has 104 valence electrons. The Labute approximate surface area is 120 Å². The van der Waals surface area contributed by atoms with Crippen molar-refractivity contribution >= 4 is 11.7 Å². The highest BCUT2D eigenvalue weighted by Crippen LogP contribution is 2.19. The summed E-state index contributed by atoms with van der Waals surface area (Å²) < 4.78 is 0. The van der Waals surface area contributed by atoms with Gasteiger partial charge in [-0.15, -0.1) is 0 Å². The van der Waals surface area contributed by atoms with Gasteiger partial charge in [-0.05, 0) is 38.5 Å². The zero-order chi connectivity index (χ0) is 14.6. The summed E-state index contributed by atoms with van der Waals surface area (Å²) in [6.07, 6.45) is 0. The monoisotopic (exact) mass is 268 g/mol. The van der Waals surface area contributed by atoms with E-state index in [1.54, 1.807) is 0 Å². The summed E-state index contributed by atoms with van der Waals surface area (Å²) in [7, 11) is 0. The average molecular weight is 268 g/mol. The third-order valence-electron chi connectivity index (χ3n) is 3.23. The maximum atomic E-state index is 12.1. The lowest BCUT2D eigenvalue weighted by Gasteiger charge is -2.27. The molecular formula is C17H20N2O. The number of urea groups is 1. The minimum absolute atomic E-state index is 0.206. The molecule has 0 aromatic heterocycles. The van der Waals surface area contributed by atoms with E-state index in [0.717, 1.165) is 11.3 Å². The normalized spacial score (nSPS) is 10.9. The van der Waals surface area contributed by atoms with Crippen LogP contribution in [0.4, 0.5) is 10.5 Å². The fourth-order valence-electron chi connectivity index (χ4n) is 2.01. The summed E-state index contributed by atoms with van der Waals surface area (Å²) in [5, 5.41) is 5.83. The van der Waals surface area contributed by atoms with Gasteiger partial charge in [0.25, 0.3) is 0 Å². The molecule has 0 spiro atoms. The molecule has 20 heavy (non-hydrogen) atoms. The molecule has 2 N–H and O–H groups in total. The molecule has 0 heterocycles. The van der Waals surface area contributed by atoms with E-state index in [-0.39, 0.29) is 6.03 Å². The molecule has 3 heteroatoms. The van der Waals surface area contributed by atoms with Crippen molar-refractivity contribution in [3.8, 4) is 0 Å². The van der Waals surface area contributed by atoms with Crippen LogP contribution in [0.1, 0.15) is 25.0 Å². The fourth-order valence-corrected chi connectivity index (χ4v) is 2.01. The molecule has 0 atom stereocenters. The SMILES string of the molecule is Cc1ccc(NC(=O)NC(C)(C)c2ccccc2)cc1. The van der Waals surface area contributed by atoms with Gasteiger partial charge in [0.15, 0.2) is 0 Å². The summed E-state index contributed by atoms with van der Waals surface area (Å²) in [5.74, 6) is 0. The number of rotatable bonds is 3. The van der Waals surface area contributed by atoms with Gasteiger partial charge in [-0.3, -0.25) is 0 Å². The van der Waals surface area contributed by atoms with E-state index < -0.39 is 5.54 Å². The second-order valence-corrected chi connectivity index (χ2v) is 5.44. The smallest absolute Gasteiger partial charge is 0.319 e. The van der Waals surface area contributed by atoms with Crippen molar-refractivity contribution in [1.82, 2.24) is 5.32 Å². The van der Waals surface area contributed by atoms with E-state index in [2.05, 4.69) is 10.6 Å². The summed E-state index contributed by atoms with van der Waals surface area (Å²) in [6, 6.07) is 17.4. The van der Waals surface area contributed by atoms with E-state index in [9.17, 15) is 4.79 Å².